The van der Waals surface area contributed by atoms with Crippen LogP contribution in [0.2, 0.25) is 0 Å². The molecule has 0 aromatic carbocycles. The normalized spacial score (nSPS) is 10.8. The molecule has 0 fully saturated rings. The lowest BCUT2D eigenvalue weighted by molar-refractivity contribution is -0.672. The van der Waals surface area contributed by atoms with Crippen LogP contribution in [0.5, 0.6) is 0 Å². The van der Waals surface area contributed by atoms with Gasteiger partial charge in [0, 0.05) is 11.6 Å². The quantitative estimate of drug-likeness (QED) is 0.300. The molecule has 64 valence electrons. The Bertz CT molecular complexity index is 295. The Morgan fingerprint density at radius 2 is 2.33 bits per heavy atom. The SMILES string of the molecule is CCc1ccc(C=NO)[n+](C)c1. The van der Waals surface area contributed by atoms with E-state index in [1.807, 2.05) is 29.9 Å². The Labute approximate surface area is 72.0 Å². The summed E-state index contributed by atoms with van der Waals surface area (Å²) in [6, 6.07) is 3.95. The summed E-state index contributed by atoms with van der Waals surface area (Å²) in [4.78, 5) is 0. The predicted molar refractivity (Wildman–Crippen MR) is 46.4 cm³/mol. The number of aromatic nitrogens is 1. The second-order valence-corrected chi connectivity index (χ2v) is 2.67. The van der Waals surface area contributed by atoms with Crippen molar-refractivity contribution in [2.24, 2.45) is 12.2 Å². The number of hydrogen-bond acceptors (Lipinski definition) is 2. The van der Waals surface area contributed by atoms with Gasteiger partial charge in [-0.25, -0.2) is 0 Å². The van der Waals surface area contributed by atoms with Gasteiger partial charge in [-0.1, -0.05) is 12.1 Å². The van der Waals surface area contributed by atoms with E-state index in [1.165, 1.54) is 11.8 Å². The Morgan fingerprint density at radius 1 is 1.58 bits per heavy atom. The van der Waals surface area contributed by atoms with Crippen molar-refractivity contribution in [2.45, 2.75) is 13.3 Å². The van der Waals surface area contributed by atoms with Crippen LogP contribution in [0.4, 0.5) is 0 Å². The van der Waals surface area contributed by atoms with Gasteiger partial charge in [-0.15, -0.1) is 0 Å². The molecule has 0 spiro atoms. The molecule has 0 radical (unpaired) electrons. The lowest BCUT2D eigenvalue weighted by Crippen LogP contribution is -2.33. The van der Waals surface area contributed by atoms with Gasteiger partial charge in [0.1, 0.15) is 13.3 Å². The van der Waals surface area contributed by atoms with E-state index in [1.54, 1.807) is 0 Å². The first-order valence-corrected chi connectivity index (χ1v) is 3.94. The van der Waals surface area contributed by atoms with Gasteiger partial charge in [0.2, 0.25) is 5.69 Å². The van der Waals surface area contributed by atoms with Crippen molar-refractivity contribution in [3.63, 3.8) is 0 Å². The van der Waals surface area contributed by atoms with Crippen molar-refractivity contribution < 1.29 is 9.77 Å². The largest absolute Gasteiger partial charge is 0.411 e. The molecule has 3 heteroatoms. The van der Waals surface area contributed by atoms with E-state index >= 15 is 0 Å². The fraction of sp³-hybridized carbons (Fsp3) is 0.333. The zero-order valence-electron chi connectivity index (χ0n) is 7.36. The minimum atomic E-state index is 0.884. The maximum atomic E-state index is 8.33. The molecule has 0 saturated heterocycles. The third-order valence-electron chi connectivity index (χ3n) is 1.83. The molecule has 1 aromatic rings. The van der Waals surface area contributed by atoms with E-state index in [0.29, 0.717) is 0 Å². The molecule has 0 aliphatic rings. The molecule has 1 rings (SSSR count). The topological polar surface area (TPSA) is 36.5 Å². The Balaban J connectivity index is 3.03. The Kier molecular flexibility index (Phi) is 2.80. The monoisotopic (exact) mass is 165 g/mol. The van der Waals surface area contributed by atoms with Crippen molar-refractivity contribution in [1.29, 1.82) is 0 Å². The van der Waals surface area contributed by atoms with Crippen LogP contribution in [0.1, 0.15) is 18.2 Å². The van der Waals surface area contributed by atoms with Crippen LogP contribution >= 0.6 is 0 Å². The fourth-order valence-corrected chi connectivity index (χ4v) is 1.08. The van der Waals surface area contributed by atoms with Crippen molar-refractivity contribution >= 4 is 6.21 Å². The molecule has 0 bridgehead atoms. The molecule has 1 aromatic heterocycles. The highest BCUT2D eigenvalue weighted by molar-refractivity contribution is 5.74. The number of aryl methyl sites for hydroxylation is 2. The highest BCUT2D eigenvalue weighted by Crippen LogP contribution is 1.96. The molecule has 1 heterocycles. The van der Waals surface area contributed by atoms with E-state index in [9.17, 15) is 0 Å². The predicted octanol–water partition coefficient (Wildman–Crippen LogP) is 0.882. The zero-order valence-corrected chi connectivity index (χ0v) is 7.36. The Hall–Kier alpha value is -1.38. The van der Waals surface area contributed by atoms with Crippen LogP contribution in [-0.2, 0) is 13.5 Å². The van der Waals surface area contributed by atoms with Crippen LogP contribution in [0.25, 0.3) is 0 Å². The maximum Gasteiger partial charge on any atom is 0.226 e. The van der Waals surface area contributed by atoms with E-state index < -0.39 is 0 Å². The summed E-state index contributed by atoms with van der Waals surface area (Å²) in [5, 5.41) is 11.3. The third kappa shape index (κ3) is 1.81. The summed E-state index contributed by atoms with van der Waals surface area (Å²) in [5.74, 6) is 0. The molecule has 0 amide bonds. The molecule has 0 aliphatic heterocycles. The van der Waals surface area contributed by atoms with E-state index in [2.05, 4.69) is 12.1 Å². The van der Waals surface area contributed by atoms with Gasteiger partial charge in [0.15, 0.2) is 6.20 Å². The first-order valence-electron chi connectivity index (χ1n) is 3.94. The van der Waals surface area contributed by atoms with Crippen LogP contribution < -0.4 is 4.57 Å². The van der Waals surface area contributed by atoms with Gasteiger partial charge in [-0.3, -0.25) is 0 Å². The molecule has 12 heavy (non-hydrogen) atoms. The molecule has 0 saturated carbocycles. The summed E-state index contributed by atoms with van der Waals surface area (Å²) >= 11 is 0. The number of pyridine rings is 1. The number of nitrogens with zero attached hydrogens (tertiary/aromatic N) is 2. The summed E-state index contributed by atoms with van der Waals surface area (Å²) in [7, 11) is 1.93. The first kappa shape index (κ1) is 8.71. The molecule has 0 unspecified atom stereocenters. The zero-order chi connectivity index (χ0) is 8.97. The minimum absolute atomic E-state index is 0.884. The summed E-state index contributed by atoms with van der Waals surface area (Å²) < 4.78 is 1.93. The second kappa shape index (κ2) is 3.85. The molecule has 1 N–H and O–H groups in total. The summed E-state index contributed by atoms with van der Waals surface area (Å²) in [5.41, 5.74) is 2.15. The van der Waals surface area contributed by atoms with Gasteiger partial charge in [-0.05, 0) is 12.5 Å². The highest BCUT2D eigenvalue weighted by Gasteiger charge is 2.03. The average Bonchev–Trinajstić information content (AvgIpc) is 2.09. The van der Waals surface area contributed by atoms with Crippen LogP contribution in [-0.4, -0.2) is 11.4 Å². The van der Waals surface area contributed by atoms with E-state index in [4.69, 9.17) is 5.21 Å². The standard InChI is InChI=1S/C9H12N2O/c1-3-8-4-5-9(6-10-12)11(2)7-8/h4-7H,3H2,1-2H3/p+1. The van der Waals surface area contributed by atoms with E-state index in [-0.39, 0.29) is 0 Å². The van der Waals surface area contributed by atoms with Crippen molar-refractivity contribution in [3.8, 4) is 0 Å². The average molecular weight is 165 g/mol. The molecule has 0 aliphatic carbocycles. The lowest BCUT2D eigenvalue weighted by Gasteiger charge is -1.95. The summed E-state index contributed by atoms with van der Waals surface area (Å²) in [6.07, 6.45) is 4.46. The van der Waals surface area contributed by atoms with Crippen LogP contribution in [0, 0.1) is 0 Å². The van der Waals surface area contributed by atoms with Gasteiger partial charge >= 0.3 is 0 Å². The maximum absolute atomic E-state index is 8.33. The minimum Gasteiger partial charge on any atom is -0.411 e. The fourth-order valence-electron chi connectivity index (χ4n) is 1.08. The van der Waals surface area contributed by atoms with Gasteiger partial charge in [0.05, 0.1) is 0 Å². The smallest absolute Gasteiger partial charge is 0.226 e. The van der Waals surface area contributed by atoms with Crippen LogP contribution in [0.15, 0.2) is 23.5 Å². The van der Waals surface area contributed by atoms with Crippen molar-refractivity contribution in [3.05, 3.63) is 29.6 Å². The number of rotatable bonds is 2. The summed E-state index contributed by atoms with van der Waals surface area (Å²) in [6.45, 7) is 2.11. The number of oxime groups is 1. The van der Waals surface area contributed by atoms with Gasteiger partial charge < -0.3 is 5.21 Å². The molecule has 0 atom stereocenters. The second-order valence-electron chi connectivity index (χ2n) is 2.67. The molecular formula is C9H13N2O+. The van der Waals surface area contributed by atoms with Gasteiger partial charge in [0.25, 0.3) is 0 Å². The molecular weight excluding hydrogens is 152 g/mol. The van der Waals surface area contributed by atoms with Crippen molar-refractivity contribution in [1.82, 2.24) is 0 Å². The first-order chi connectivity index (χ1) is 5.77. The lowest BCUT2D eigenvalue weighted by atomic mass is 10.2. The van der Waals surface area contributed by atoms with Crippen molar-refractivity contribution in [2.75, 3.05) is 0 Å². The van der Waals surface area contributed by atoms with Gasteiger partial charge in [-0.2, -0.15) is 4.57 Å². The Morgan fingerprint density at radius 3 is 2.83 bits per heavy atom. The highest BCUT2D eigenvalue weighted by atomic mass is 16.4. The van der Waals surface area contributed by atoms with Crippen LogP contribution in [0.3, 0.4) is 0 Å². The third-order valence-corrected chi connectivity index (χ3v) is 1.83. The van der Waals surface area contributed by atoms with E-state index in [0.717, 1.165) is 12.1 Å². The molecule has 3 nitrogen and oxygen atoms in total. The number of hydrogen-bond donors (Lipinski definition) is 1.